The zero-order chi connectivity index (χ0) is 11.8. The molecule has 1 amide bonds. The first-order valence-electron chi connectivity index (χ1n) is 5.27. The summed E-state index contributed by atoms with van der Waals surface area (Å²) in [6, 6.07) is -0.633. The van der Waals surface area contributed by atoms with Crippen molar-refractivity contribution in [2.45, 2.75) is 40.2 Å². The second kappa shape index (κ2) is 3.83. The summed E-state index contributed by atoms with van der Waals surface area (Å²) in [7, 11) is 0. The summed E-state index contributed by atoms with van der Waals surface area (Å²) >= 11 is 0. The summed E-state index contributed by atoms with van der Waals surface area (Å²) in [6.07, 6.45) is 0.567. The maximum Gasteiger partial charge on any atom is 0.326 e. The minimum Gasteiger partial charge on any atom is -0.480 e. The molecule has 0 spiro atoms. The normalized spacial score (nSPS) is 26.8. The zero-order valence-corrected chi connectivity index (χ0v) is 9.78. The van der Waals surface area contributed by atoms with E-state index in [0.29, 0.717) is 13.0 Å². The number of amides is 1. The van der Waals surface area contributed by atoms with E-state index in [-0.39, 0.29) is 11.8 Å². The van der Waals surface area contributed by atoms with Gasteiger partial charge in [-0.05, 0) is 12.3 Å². The number of likely N-dealkylation sites (tertiary alicyclic amines) is 1. The Bertz CT molecular complexity index is 280. The van der Waals surface area contributed by atoms with E-state index < -0.39 is 17.4 Å². The minimum atomic E-state index is -0.892. The number of carbonyl (C=O) groups is 2. The van der Waals surface area contributed by atoms with E-state index in [1.165, 1.54) is 4.90 Å². The Morgan fingerprint density at radius 2 is 1.87 bits per heavy atom. The Balaban J connectivity index is 2.85. The second-order valence-corrected chi connectivity index (χ2v) is 5.40. The van der Waals surface area contributed by atoms with Gasteiger partial charge in [0, 0.05) is 12.0 Å². The van der Waals surface area contributed by atoms with Gasteiger partial charge in [0.05, 0.1) is 0 Å². The van der Waals surface area contributed by atoms with Gasteiger partial charge >= 0.3 is 5.97 Å². The molecule has 0 aliphatic carbocycles. The van der Waals surface area contributed by atoms with Crippen LogP contribution in [0.1, 0.15) is 34.1 Å². The third-order valence-electron chi connectivity index (χ3n) is 2.70. The Hall–Kier alpha value is -1.06. The monoisotopic (exact) mass is 213 g/mol. The Kier molecular flexibility index (Phi) is 3.07. The lowest BCUT2D eigenvalue weighted by Gasteiger charge is -2.28. The molecule has 1 aliphatic heterocycles. The van der Waals surface area contributed by atoms with Crippen molar-refractivity contribution in [2.24, 2.45) is 11.3 Å². The van der Waals surface area contributed by atoms with E-state index in [2.05, 4.69) is 0 Å². The molecule has 1 N–H and O–H groups in total. The molecule has 86 valence electrons. The van der Waals surface area contributed by atoms with Crippen LogP contribution in [-0.2, 0) is 9.59 Å². The average Bonchev–Trinajstić information content (AvgIpc) is 2.44. The maximum absolute atomic E-state index is 12.0. The first kappa shape index (κ1) is 12.0. The fourth-order valence-corrected chi connectivity index (χ4v) is 1.94. The van der Waals surface area contributed by atoms with E-state index >= 15 is 0 Å². The van der Waals surface area contributed by atoms with E-state index in [0.717, 1.165) is 0 Å². The summed E-state index contributed by atoms with van der Waals surface area (Å²) in [5.41, 5.74) is -0.502. The highest BCUT2D eigenvalue weighted by atomic mass is 16.4. The molecule has 0 bridgehead atoms. The second-order valence-electron chi connectivity index (χ2n) is 5.40. The quantitative estimate of drug-likeness (QED) is 0.715. The number of carbonyl (C=O) groups excluding carboxylic acids is 1. The number of carboxylic acid groups (broad SMARTS) is 1. The third-order valence-corrected chi connectivity index (χ3v) is 2.70. The summed E-state index contributed by atoms with van der Waals surface area (Å²) in [5.74, 6) is -0.686. The van der Waals surface area contributed by atoms with Crippen LogP contribution >= 0.6 is 0 Å². The van der Waals surface area contributed by atoms with Crippen molar-refractivity contribution in [1.82, 2.24) is 4.90 Å². The van der Waals surface area contributed by atoms with Crippen molar-refractivity contribution in [2.75, 3.05) is 6.54 Å². The lowest BCUT2D eigenvalue weighted by atomic mass is 9.94. The van der Waals surface area contributed by atoms with Crippen LogP contribution < -0.4 is 0 Å². The fourth-order valence-electron chi connectivity index (χ4n) is 1.94. The molecule has 0 saturated carbocycles. The van der Waals surface area contributed by atoms with E-state index in [4.69, 9.17) is 5.11 Å². The van der Waals surface area contributed by atoms with Crippen LogP contribution in [0.25, 0.3) is 0 Å². The molecule has 4 nitrogen and oxygen atoms in total. The lowest BCUT2D eigenvalue weighted by molar-refractivity contribution is -0.151. The van der Waals surface area contributed by atoms with Crippen molar-refractivity contribution >= 4 is 11.9 Å². The summed E-state index contributed by atoms with van der Waals surface area (Å²) in [6.45, 7) is 7.99. The average molecular weight is 213 g/mol. The molecule has 1 fully saturated rings. The predicted molar refractivity (Wildman–Crippen MR) is 56.4 cm³/mol. The Morgan fingerprint density at radius 1 is 1.33 bits per heavy atom. The van der Waals surface area contributed by atoms with Crippen LogP contribution in [0.3, 0.4) is 0 Å². The smallest absolute Gasteiger partial charge is 0.326 e. The first-order valence-corrected chi connectivity index (χ1v) is 5.27. The van der Waals surface area contributed by atoms with Crippen LogP contribution in [0.15, 0.2) is 0 Å². The maximum atomic E-state index is 12.0. The molecule has 15 heavy (non-hydrogen) atoms. The highest BCUT2D eigenvalue weighted by Gasteiger charge is 2.41. The number of nitrogens with zero attached hydrogens (tertiary/aromatic N) is 1. The first-order chi connectivity index (χ1) is 6.73. The van der Waals surface area contributed by atoms with Gasteiger partial charge in [-0.15, -0.1) is 0 Å². The van der Waals surface area contributed by atoms with Crippen molar-refractivity contribution < 1.29 is 14.7 Å². The van der Waals surface area contributed by atoms with E-state index in [1.54, 1.807) is 0 Å². The topological polar surface area (TPSA) is 57.6 Å². The standard InChI is InChI=1S/C11H19NO3/c1-7-5-8(9(13)14)12(6-7)10(15)11(2,3)4/h7-8H,5-6H2,1-4H3,(H,13,14)/t7-,8-/m0/s1. The van der Waals surface area contributed by atoms with Gasteiger partial charge < -0.3 is 10.0 Å². The predicted octanol–water partition coefficient (Wildman–Crippen LogP) is 1.35. The lowest BCUT2D eigenvalue weighted by Crippen LogP contribution is -2.45. The Labute approximate surface area is 90.3 Å². The van der Waals surface area contributed by atoms with Crippen LogP contribution in [0.5, 0.6) is 0 Å². The minimum absolute atomic E-state index is 0.0701. The largest absolute Gasteiger partial charge is 0.480 e. The zero-order valence-electron chi connectivity index (χ0n) is 9.78. The molecule has 1 rings (SSSR count). The SMILES string of the molecule is C[C@H]1C[C@@H](C(=O)O)N(C(=O)C(C)(C)C)C1. The Morgan fingerprint density at radius 3 is 2.27 bits per heavy atom. The molecule has 1 saturated heterocycles. The molecule has 0 unspecified atom stereocenters. The number of hydrogen-bond donors (Lipinski definition) is 1. The van der Waals surface area contributed by atoms with Crippen LogP contribution in [0.4, 0.5) is 0 Å². The molecule has 4 heteroatoms. The molecule has 1 heterocycles. The molecule has 0 radical (unpaired) electrons. The van der Waals surface area contributed by atoms with E-state index in [9.17, 15) is 9.59 Å². The van der Waals surface area contributed by atoms with Crippen molar-refractivity contribution in [1.29, 1.82) is 0 Å². The van der Waals surface area contributed by atoms with Gasteiger partial charge in [-0.25, -0.2) is 4.79 Å². The van der Waals surface area contributed by atoms with Crippen LogP contribution in [0, 0.1) is 11.3 Å². The number of hydrogen-bond acceptors (Lipinski definition) is 2. The highest BCUT2D eigenvalue weighted by Crippen LogP contribution is 2.28. The third kappa shape index (κ3) is 2.49. The van der Waals surface area contributed by atoms with Gasteiger partial charge in [-0.1, -0.05) is 27.7 Å². The highest BCUT2D eigenvalue weighted by molar-refractivity contribution is 5.87. The summed E-state index contributed by atoms with van der Waals surface area (Å²) in [5, 5.41) is 9.02. The molecular formula is C11H19NO3. The number of rotatable bonds is 1. The van der Waals surface area contributed by atoms with Crippen molar-refractivity contribution in [3.63, 3.8) is 0 Å². The van der Waals surface area contributed by atoms with Gasteiger partial charge in [0.25, 0.3) is 0 Å². The van der Waals surface area contributed by atoms with Crippen molar-refractivity contribution in [3.8, 4) is 0 Å². The van der Waals surface area contributed by atoms with Gasteiger partial charge in [0.15, 0.2) is 0 Å². The van der Waals surface area contributed by atoms with Gasteiger partial charge in [0.2, 0.25) is 5.91 Å². The molecule has 0 aromatic carbocycles. The van der Waals surface area contributed by atoms with Gasteiger partial charge in [0.1, 0.15) is 6.04 Å². The van der Waals surface area contributed by atoms with Crippen LogP contribution in [-0.4, -0.2) is 34.5 Å². The van der Waals surface area contributed by atoms with Crippen LogP contribution in [0.2, 0.25) is 0 Å². The fraction of sp³-hybridized carbons (Fsp3) is 0.818. The summed E-state index contributed by atoms with van der Waals surface area (Å²) in [4.78, 5) is 24.5. The molecule has 1 aliphatic rings. The number of aliphatic carboxylic acids is 1. The molecular weight excluding hydrogens is 194 g/mol. The van der Waals surface area contributed by atoms with Crippen molar-refractivity contribution in [3.05, 3.63) is 0 Å². The molecule has 0 aromatic heterocycles. The number of carboxylic acids is 1. The molecule has 0 aromatic rings. The van der Waals surface area contributed by atoms with Gasteiger partial charge in [-0.3, -0.25) is 4.79 Å². The van der Waals surface area contributed by atoms with Gasteiger partial charge in [-0.2, -0.15) is 0 Å². The summed E-state index contributed by atoms with van der Waals surface area (Å²) < 4.78 is 0. The molecule has 2 atom stereocenters. The van der Waals surface area contributed by atoms with E-state index in [1.807, 2.05) is 27.7 Å².